The molecule has 0 saturated carbocycles. The molecule has 0 aromatic heterocycles. The number of rotatable bonds is 3. The molecule has 1 saturated heterocycles. The van der Waals surface area contributed by atoms with E-state index in [9.17, 15) is 15.0 Å². The van der Waals surface area contributed by atoms with E-state index in [-0.39, 0.29) is 6.54 Å². The first-order chi connectivity index (χ1) is 10.5. The minimum Gasteiger partial charge on any atom is -0.363 e. The normalized spacial score (nSPS) is 27.8. The summed E-state index contributed by atoms with van der Waals surface area (Å²) >= 11 is 0. The van der Waals surface area contributed by atoms with Gasteiger partial charge in [-0.2, -0.15) is 0 Å². The number of urea groups is 1. The van der Waals surface area contributed by atoms with E-state index in [1.54, 1.807) is 55.5 Å². The molecule has 114 valence electrons. The molecule has 2 atom stereocenters. The number of aliphatic hydroxyl groups is 2. The van der Waals surface area contributed by atoms with E-state index in [1.807, 2.05) is 12.1 Å². The highest BCUT2D eigenvalue weighted by molar-refractivity contribution is 5.80. The molecule has 5 heteroatoms. The topological polar surface area (TPSA) is 72.8 Å². The maximum atomic E-state index is 12.3. The van der Waals surface area contributed by atoms with Gasteiger partial charge in [0.15, 0.2) is 0 Å². The molecular weight excluding hydrogens is 280 g/mol. The van der Waals surface area contributed by atoms with Gasteiger partial charge in [-0.1, -0.05) is 60.7 Å². The van der Waals surface area contributed by atoms with Gasteiger partial charge in [0, 0.05) is 17.7 Å². The lowest BCUT2D eigenvalue weighted by Gasteiger charge is -2.40. The lowest BCUT2D eigenvalue weighted by Crippen LogP contribution is -2.56. The van der Waals surface area contributed by atoms with Crippen LogP contribution in [0.15, 0.2) is 60.7 Å². The highest BCUT2D eigenvalue weighted by atomic mass is 16.4. The lowest BCUT2D eigenvalue weighted by atomic mass is 9.86. The van der Waals surface area contributed by atoms with E-state index >= 15 is 0 Å². The Morgan fingerprint density at radius 1 is 0.955 bits per heavy atom. The Bertz CT molecular complexity index is 677. The van der Waals surface area contributed by atoms with Crippen LogP contribution in [0.25, 0.3) is 0 Å². The highest BCUT2D eigenvalue weighted by Crippen LogP contribution is 2.45. The Morgan fingerprint density at radius 3 is 1.95 bits per heavy atom. The molecule has 22 heavy (non-hydrogen) atoms. The number of nitrogens with zero attached hydrogens (tertiary/aromatic N) is 1. The first-order valence-corrected chi connectivity index (χ1v) is 7.19. The van der Waals surface area contributed by atoms with Crippen LogP contribution in [0.1, 0.15) is 18.1 Å². The highest BCUT2D eigenvalue weighted by Gasteiger charge is 2.63. The molecule has 0 bridgehead atoms. The fraction of sp³-hybridized carbons (Fsp3) is 0.235. The van der Waals surface area contributed by atoms with Crippen molar-refractivity contribution in [1.82, 2.24) is 10.2 Å². The molecule has 2 unspecified atom stereocenters. The van der Waals surface area contributed by atoms with Crippen molar-refractivity contribution < 1.29 is 15.0 Å². The smallest absolute Gasteiger partial charge is 0.322 e. The predicted octanol–water partition coefficient (Wildman–Crippen LogP) is 1.72. The fourth-order valence-electron chi connectivity index (χ4n) is 3.01. The molecule has 2 aromatic rings. The largest absolute Gasteiger partial charge is 0.363 e. The number of hydrogen-bond donors (Lipinski definition) is 3. The Balaban J connectivity index is 2.23. The first-order valence-electron chi connectivity index (χ1n) is 7.19. The van der Waals surface area contributed by atoms with Gasteiger partial charge in [0.1, 0.15) is 0 Å². The zero-order valence-electron chi connectivity index (χ0n) is 12.2. The van der Waals surface area contributed by atoms with E-state index < -0.39 is 17.5 Å². The number of benzene rings is 2. The van der Waals surface area contributed by atoms with Crippen LogP contribution in [0.3, 0.4) is 0 Å². The quantitative estimate of drug-likeness (QED) is 0.808. The molecule has 1 aliphatic rings. The fourth-order valence-corrected chi connectivity index (χ4v) is 3.01. The van der Waals surface area contributed by atoms with Crippen molar-refractivity contribution in [2.24, 2.45) is 0 Å². The van der Waals surface area contributed by atoms with Gasteiger partial charge in [-0.25, -0.2) is 4.79 Å². The summed E-state index contributed by atoms with van der Waals surface area (Å²) in [4.78, 5) is 13.5. The molecule has 5 nitrogen and oxygen atoms in total. The van der Waals surface area contributed by atoms with Gasteiger partial charge in [0.2, 0.25) is 11.4 Å². The van der Waals surface area contributed by atoms with Crippen molar-refractivity contribution in [3.63, 3.8) is 0 Å². The Morgan fingerprint density at radius 2 is 1.45 bits per heavy atom. The third-order valence-corrected chi connectivity index (χ3v) is 4.11. The molecule has 3 N–H and O–H groups in total. The summed E-state index contributed by atoms with van der Waals surface area (Å²) in [5, 5.41) is 25.1. The van der Waals surface area contributed by atoms with Crippen molar-refractivity contribution >= 4 is 6.03 Å². The second kappa shape index (κ2) is 5.12. The second-order valence-electron chi connectivity index (χ2n) is 5.29. The molecule has 2 amide bonds. The van der Waals surface area contributed by atoms with Crippen LogP contribution >= 0.6 is 0 Å². The molecule has 1 fully saturated rings. The zero-order valence-corrected chi connectivity index (χ0v) is 12.2. The van der Waals surface area contributed by atoms with E-state index in [2.05, 4.69) is 5.32 Å². The number of likely N-dealkylation sites (N-methyl/N-ethyl adjacent to an activating group) is 1. The van der Waals surface area contributed by atoms with Crippen LogP contribution in [0.2, 0.25) is 0 Å². The second-order valence-corrected chi connectivity index (χ2v) is 5.29. The third kappa shape index (κ3) is 1.83. The maximum absolute atomic E-state index is 12.3. The minimum absolute atomic E-state index is 0.256. The van der Waals surface area contributed by atoms with Gasteiger partial charge in [0.25, 0.3) is 0 Å². The summed E-state index contributed by atoms with van der Waals surface area (Å²) in [7, 11) is 0. The summed E-state index contributed by atoms with van der Waals surface area (Å²) in [6.45, 7) is 2.01. The van der Waals surface area contributed by atoms with Gasteiger partial charge in [-0.15, -0.1) is 0 Å². The Kier molecular flexibility index (Phi) is 3.39. The van der Waals surface area contributed by atoms with Crippen molar-refractivity contribution in [1.29, 1.82) is 0 Å². The average Bonchev–Trinajstić information content (AvgIpc) is 2.77. The molecule has 0 spiro atoms. The number of carbonyl (C=O) groups excluding carboxylic acids is 1. The van der Waals surface area contributed by atoms with Crippen LogP contribution in [0.5, 0.6) is 0 Å². The standard InChI is InChI=1S/C17H18N2O3/c1-2-19-15(20)18-16(21,13-9-5-3-6-10-13)17(19,22)14-11-7-4-8-12-14/h3-12,21-22H,2H2,1H3,(H,18,20). The van der Waals surface area contributed by atoms with E-state index in [1.165, 1.54) is 4.90 Å². The van der Waals surface area contributed by atoms with E-state index in [0.29, 0.717) is 11.1 Å². The van der Waals surface area contributed by atoms with Crippen LogP contribution in [0, 0.1) is 0 Å². The van der Waals surface area contributed by atoms with E-state index in [4.69, 9.17) is 0 Å². The zero-order chi connectivity index (χ0) is 15.8. The summed E-state index contributed by atoms with van der Waals surface area (Å²) in [5.74, 6) is 0. The molecular formula is C17H18N2O3. The van der Waals surface area contributed by atoms with Gasteiger partial charge in [0.05, 0.1) is 0 Å². The van der Waals surface area contributed by atoms with Gasteiger partial charge >= 0.3 is 6.03 Å². The average molecular weight is 298 g/mol. The van der Waals surface area contributed by atoms with Crippen LogP contribution < -0.4 is 5.32 Å². The van der Waals surface area contributed by atoms with Crippen LogP contribution in [0.4, 0.5) is 4.79 Å². The van der Waals surface area contributed by atoms with Crippen LogP contribution in [-0.2, 0) is 11.4 Å². The summed E-state index contributed by atoms with van der Waals surface area (Å²) in [5.41, 5.74) is -2.95. The Hall–Kier alpha value is -2.37. The van der Waals surface area contributed by atoms with E-state index in [0.717, 1.165) is 0 Å². The monoisotopic (exact) mass is 298 g/mol. The Labute approximate surface area is 128 Å². The molecule has 0 aliphatic carbocycles. The summed E-state index contributed by atoms with van der Waals surface area (Å²) < 4.78 is 0. The summed E-state index contributed by atoms with van der Waals surface area (Å²) in [6.07, 6.45) is 0. The minimum atomic E-state index is -1.93. The molecule has 0 radical (unpaired) electrons. The van der Waals surface area contributed by atoms with Crippen LogP contribution in [-0.4, -0.2) is 27.7 Å². The maximum Gasteiger partial charge on any atom is 0.322 e. The lowest BCUT2D eigenvalue weighted by molar-refractivity contribution is -0.211. The summed E-state index contributed by atoms with van der Waals surface area (Å²) in [6, 6.07) is 16.9. The van der Waals surface area contributed by atoms with Crippen molar-refractivity contribution in [3.8, 4) is 0 Å². The number of carbonyl (C=O) groups is 1. The van der Waals surface area contributed by atoms with Gasteiger partial charge in [-0.3, -0.25) is 4.90 Å². The van der Waals surface area contributed by atoms with Crippen molar-refractivity contribution in [2.45, 2.75) is 18.4 Å². The molecule has 3 rings (SSSR count). The van der Waals surface area contributed by atoms with Crippen molar-refractivity contribution in [3.05, 3.63) is 71.8 Å². The number of hydrogen-bond acceptors (Lipinski definition) is 3. The number of amides is 2. The van der Waals surface area contributed by atoms with Crippen molar-refractivity contribution in [2.75, 3.05) is 6.54 Å². The predicted molar refractivity (Wildman–Crippen MR) is 81.6 cm³/mol. The molecule has 1 heterocycles. The molecule has 2 aromatic carbocycles. The number of nitrogens with one attached hydrogen (secondary N) is 1. The van der Waals surface area contributed by atoms with Gasteiger partial charge < -0.3 is 15.5 Å². The van der Waals surface area contributed by atoms with Gasteiger partial charge in [-0.05, 0) is 6.92 Å². The third-order valence-electron chi connectivity index (χ3n) is 4.11. The SMILES string of the molecule is CCN1C(=O)NC(O)(c2ccccc2)C1(O)c1ccccc1. The first kappa shape index (κ1) is 14.6. The molecule has 1 aliphatic heterocycles.